The number of aliphatic imine (C=N–C) groups is 1. The molecule has 2 N–H and O–H groups in total. The number of halogens is 2. The van der Waals surface area contributed by atoms with Crippen molar-refractivity contribution in [2.45, 2.75) is 47.0 Å². The van der Waals surface area contributed by atoms with E-state index in [-0.39, 0.29) is 12.3 Å². The lowest BCUT2D eigenvalue weighted by Gasteiger charge is -2.13. The van der Waals surface area contributed by atoms with Crippen molar-refractivity contribution in [1.82, 2.24) is 25.4 Å². The fourth-order valence-corrected chi connectivity index (χ4v) is 2.39. The van der Waals surface area contributed by atoms with Crippen LogP contribution in [0, 0.1) is 6.92 Å². The van der Waals surface area contributed by atoms with Gasteiger partial charge in [-0.25, -0.2) is 4.99 Å². The fourth-order valence-electron chi connectivity index (χ4n) is 2.39. The van der Waals surface area contributed by atoms with Crippen LogP contribution in [-0.4, -0.2) is 33.9 Å². The van der Waals surface area contributed by atoms with Crippen molar-refractivity contribution >= 4 is 5.96 Å². The zero-order chi connectivity index (χ0) is 18.9. The Kier molecular flexibility index (Phi) is 7.31. The maximum Gasteiger partial charge on any atom is 0.387 e. The van der Waals surface area contributed by atoms with Crippen molar-refractivity contribution < 1.29 is 13.5 Å². The van der Waals surface area contributed by atoms with E-state index in [1.165, 1.54) is 6.07 Å². The summed E-state index contributed by atoms with van der Waals surface area (Å²) < 4.78 is 31.6. The zero-order valence-corrected chi connectivity index (χ0v) is 15.2. The van der Waals surface area contributed by atoms with Crippen LogP contribution in [0.5, 0.6) is 5.75 Å². The van der Waals surface area contributed by atoms with Gasteiger partial charge in [0, 0.05) is 18.7 Å². The second kappa shape index (κ2) is 9.69. The highest BCUT2D eigenvalue weighted by Crippen LogP contribution is 2.22. The second-order valence-electron chi connectivity index (χ2n) is 5.57. The van der Waals surface area contributed by atoms with Crippen molar-refractivity contribution in [2.75, 3.05) is 6.54 Å². The number of nitrogens with one attached hydrogen (secondary N) is 2. The minimum absolute atomic E-state index is 0.135. The normalized spacial score (nSPS) is 11.7. The number of benzene rings is 1. The second-order valence-corrected chi connectivity index (χ2v) is 5.57. The number of hydrogen-bond donors (Lipinski definition) is 2. The van der Waals surface area contributed by atoms with Crippen molar-refractivity contribution in [3.63, 3.8) is 0 Å². The van der Waals surface area contributed by atoms with Gasteiger partial charge in [0.2, 0.25) is 0 Å². The first-order chi connectivity index (χ1) is 12.5. The number of rotatable bonds is 8. The maximum atomic E-state index is 12.6. The summed E-state index contributed by atoms with van der Waals surface area (Å²) in [5.41, 5.74) is 1.55. The Morgan fingerprint density at radius 1 is 1.31 bits per heavy atom. The molecule has 0 saturated carbocycles. The molecular weight excluding hydrogens is 342 g/mol. The number of aryl methyl sites for hydroxylation is 2. The van der Waals surface area contributed by atoms with Crippen molar-refractivity contribution in [3.05, 3.63) is 41.5 Å². The molecule has 0 aliphatic heterocycles. The largest absolute Gasteiger partial charge is 0.434 e. The molecule has 7 nitrogen and oxygen atoms in total. The van der Waals surface area contributed by atoms with E-state index in [0.717, 1.165) is 17.9 Å². The molecule has 1 aromatic carbocycles. The highest BCUT2D eigenvalue weighted by molar-refractivity contribution is 5.79. The van der Waals surface area contributed by atoms with E-state index >= 15 is 0 Å². The van der Waals surface area contributed by atoms with Crippen LogP contribution in [0.3, 0.4) is 0 Å². The van der Waals surface area contributed by atoms with Crippen LogP contribution in [0.4, 0.5) is 8.78 Å². The third-order valence-electron chi connectivity index (χ3n) is 3.63. The Balaban J connectivity index is 2.10. The lowest BCUT2D eigenvalue weighted by molar-refractivity contribution is -0.0504. The van der Waals surface area contributed by atoms with Crippen LogP contribution in [0.25, 0.3) is 0 Å². The summed E-state index contributed by atoms with van der Waals surface area (Å²) in [5, 5.41) is 14.2. The quantitative estimate of drug-likeness (QED) is 0.554. The number of aromatic nitrogens is 3. The maximum absolute atomic E-state index is 12.6. The summed E-state index contributed by atoms with van der Waals surface area (Å²) in [5.74, 6) is 1.48. The van der Waals surface area contributed by atoms with Gasteiger partial charge in [0.15, 0.2) is 11.8 Å². The third kappa shape index (κ3) is 5.68. The van der Waals surface area contributed by atoms with Crippen LogP contribution in [0.1, 0.15) is 30.8 Å². The van der Waals surface area contributed by atoms with Gasteiger partial charge in [-0.2, -0.15) is 8.78 Å². The molecule has 0 amide bonds. The standard InChI is InChI=1S/C17H24F2N6O/c1-4-20-17(22-10-15-24-23-11-25(15)5-2)21-9-13-8-12(3)6-7-14(13)26-16(18)19/h6-8,11,16H,4-5,9-10H2,1-3H3,(H2,20,21,22). The van der Waals surface area contributed by atoms with E-state index < -0.39 is 6.61 Å². The molecule has 9 heteroatoms. The average molecular weight is 366 g/mol. The van der Waals surface area contributed by atoms with Gasteiger partial charge in [-0.15, -0.1) is 10.2 Å². The van der Waals surface area contributed by atoms with Gasteiger partial charge in [-0.05, 0) is 26.8 Å². The van der Waals surface area contributed by atoms with E-state index in [2.05, 4.69) is 30.6 Å². The molecule has 0 fully saturated rings. The first-order valence-corrected chi connectivity index (χ1v) is 8.46. The molecule has 0 radical (unpaired) electrons. The molecular formula is C17H24F2N6O. The summed E-state index contributed by atoms with van der Waals surface area (Å²) in [6.07, 6.45) is 1.67. The Morgan fingerprint density at radius 3 is 2.81 bits per heavy atom. The molecule has 0 atom stereocenters. The minimum atomic E-state index is -2.87. The summed E-state index contributed by atoms with van der Waals surface area (Å²) in [6.45, 7) is 5.08. The molecule has 0 unspecified atom stereocenters. The van der Waals surface area contributed by atoms with Gasteiger partial charge < -0.3 is 19.9 Å². The average Bonchev–Trinajstić information content (AvgIpc) is 3.06. The lowest BCUT2D eigenvalue weighted by atomic mass is 10.1. The smallest absolute Gasteiger partial charge is 0.387 e. The molecule has 26 heavy (non-hydrogen) atoms. The van der Waals surface area contributed by atoms with Gasteiger partial charge >= 0.3 is 6.61 Å². The van der Waals surface area contributed by atoms with Crippen LogP contribution >= 0.6 is 0 Å². The highest BCUT2D eigenvalue weighted by atomic mass is 19.3. The molecule has 2 rings (SSSR count). The molecule has 0 aliphatic rings. The number of ether oxygens (including phenoxy) is 1. The van der Waals surface area contributed by atoms with Crippen LogP contribution in [0.15, 0.2) is 29.5 Å². The monoisotopic (exact) mass is 366 g/mol. The lowest BCUT2D eigenvalue weighted by Crippen LogP contribution is -2.37. The van der Waals surface area contributed by atoms with Crippen molar-refractivity contribution in [2.24, 2.45) is 4.99 Å². The van der Waals surface area contributed by atoms with E-state index in [0.29, 0.717) is 24.6 Å². The fraction of sp³-hybridized carbons (Fsp3) is 0.471. The molecule has 0 spiro atoms. The SMILES string of the molecule is CCNC(=NCc1cc(C)ccc1OC(F)F)NCc1nncn1CC. The van der Waals surface area contributed by atoms with E-state index in [4.69, 9.17) is 0 Å². The van der Waals surface area contributed by atoms with Crippen LogP contribution in [0.2, 0.25) is 0 Å². The van der Waals surface area contributed by atoms with Crippen LogP contribution < -0.4 is 15.4 Å². The molecule has 0 saturated heterocycles. The van der Waals surface area contributed by atoms with E-state index in [9.17, 15) is 8.78 Å². The number of guanidine groups is 1. The highest BCUT2D eigenvalue weighted by Gasteiger charge is 2.10. The summed E-state index contributed by atoms with van der Waals surface area (Å²) in [4.78, 5) is 4.46. The molecule has 2 aromatic rings. The molecule has 1 aromatic heterocycles. The summed E-state index contributed by atoms with van der Waals surface area (Å²) in [6, 6.07) is 5.06. The topological polar surface area (TPSA) is 76.4 Å². The Hall–Kier alpha value is -2.71. The number of hydrogen-bond acceptors (Lipinski definition) is 4. The first kappa shape index (κ1) is 19.6. The van der Waals surface area contributed by atoms with Gasteiger partial charge in [0.25, 0.3) is 0 Å². The van der Waals surface area contributed by atoms with E-state index in [1.807, 2.05) is 25.3 Å². The van der Waals surface area contributed by atoms with E-state index in [1.54, 1.807) is 18.5 Å². The van der Waals surface area contributed by atoms with Crippen LogP contribution in [-0.2, 0) is 19.6 Å². The predicted molar refractivity (Wildman–Crippen MR) is 95.2 cm³/mol. The van der Waals surface area contributed by atoms with Gasteiger partial charge in [-0.1, -0.05) is 17.7 Å². The minimum Gasteiger partial charge on any atom is -0.434 e. The summed E-state index contributed by atoms with van der Waals surface area (Å²) in [7, 11) is 0. The Morgan fingerprint density at radius 2 is 2.12 bits per heavy atom. The molecule has 1 heterocycles. The number of alkyl halides is 2. The summed E-state index contributed by atoms with van der Waals surface area (Å²) >= 11 is 0. The molecule has 142 valence electrons. The van der Waals surface area contributed by atoms with Crippen molar-refractivity contribution in [1.29, 1.82) is 0 Å². The van der Waals surface area contributed by atoms with Crippen molar-refractivity contribution in [3.8, 4) is 5.75 Å². The number of nitrogens with zero attached hydrogens (tertiary/aromatic N) is 4. The predicted octanol–water partition coefficient (Wildman–Crippen LogP) is 2.46. The Labute approximate surface area is 151 Å². The van der Waals surface area contributed by atoms with Gasteiger partial charge in [0.1, 0.15) is 12.1 Å². The third-order valence-corrected chi connectivity index (χ3v) is 3.63. The first-order valence-electron chi connectivity index (χ1n) is 8.46. The molecule has 0 bridgehead atoms. The Bertz CT molecular complexity index is 732. The zero-order valence-electron chi connectivity index (χ0n) is 15.2. The van der Waals surface area contributed by atoms with Gasteiger partial charge in [-0.3, -0.25) is 0 Å². The molecule has 0 aliphatic carbocycles. The van der Waals surface area contributed by atoms with Gasteiger partial charge in [0.05, 0.1) is 13.1 Å².